The Balaban J connectivity index is 2.19. The molecule has 5 nitrogen and oxygen atoms in total. The average Bonchev–Trinajstić information content (AvgIpc) is 2.38. The first-order valence-corrected chi connectivity index (χ1v) is 6.28. The van der Waals surface area contributed by atoms with E-state index in [0.717, 1.165) is 24.3 Å². The van der Waals surface area contributed by atoms with Crippen LogP contribution in [0.1, 0.15) is 18.4 Å². The second-order valence-corrected chi connectivity index (χ2v) is 4.84. The van der Waals surface area contributed by atoms with Crippen molar-refractivity contribution in [2.24, 2.45) is 0 Å². The lowest BCUT2D eigenvalue weighted by molar-refractivity contribution is -0.384. The molecule has 1 aliphatic rings. The molecule has 1 atom stereocenters. The Morgan fingerprint density at radius 3 is 2.83 bits per heavy atom. The molecule has 18 heavy (non-hydrogen) atoms. The molecule has 0 saturated carbocycles. The highest BCUT2D eigenvalue weighted by Crippen LogP contribution is 2.26. The maximum atomic E-state index is 10.7. The number of nitrogens with one attached hydrogen (secondary N) is 1. The minimum absolute atomic E-state index is 0.159. The van der Waals surface area contributed by atoms with Gasteiger partial charge in [-0.3, -0.25) is 10.1 Å². The number of anilines is 1. The van der Waals surface area contributed by atoms with Gasteiger partial charge in [0.15, 0.2) is 0 Å². The Bertz CT molecular complexity index is 442. The van der Waals surface area contributed by atoms with Crippen LogP contribution in [-0.4, -0.2) is 31.1 Å². The lowest BCUT2D eigenvalue weighted by Gasteiger charge is -2.34. The van der Waals surface area contributed by atoms with Gasteiger partial charge >= 0.3 is 0 Å². The van der Waals surface area contributed by atoms with Gasteiger partial charge in [0.1, 0.15) is 0 Å². The molecule has 0 spiro atoms. The monoisotopic (exact) mass is 249 g/mol. The minimum Gasteiger partial charge on any atom is -0.370 e. The smallest absolute Gasteiger partial charge is 0.269 e. The van der Waals surface area contributed by atoms with Crippen LogP contribution in [0.4, 0.5) is 11.4 Å². The third-order valence-corrected chi connectivity index (χ3v) is 3.59. The van der Waals surface area contributed by atoms with Gasteiger partial charge < -0.3 is 10.2 Å². The molecule has 5 heteroatoms. The predicted octanol–water partition coefficient (Wildman–Crippen LogP) is 2.09. The fraction of sp³-hybridized carbons (Fsp3) is 0.538. The summed E-state index contributed by atoms with van der Waals surface area (Å²) in [6.07, 6.45) is 2.35. The van der Waals surface area contributed by atoms with Gasteiger partial charge in [0.05, 0.1) is 4.92 Å². The maximum absolute atomic E-state index is 10.7. The van der Waals surface area contributed by atoms with Crippen molar-refractivity contribution in [2.75, 3.05) is 25.0 Å². The molecule has 2 rings (SSSR count). The van der Waals surface area contributed by atoms with Gasteiger partial charge in [-0.2, -0.15) is 0 Å². The lowest BCUT2D eigenvalue weighted by Crippen LogP contribution is -2.44. The number of nitrogens with zero attached hydrogens (tertiary/aromatic N) is 2. The maximum Gasteiger partial charge on any atom is 0.269 e. The number of benzene rings is 1. The molecule has 98 valence electrons. The van der Waals surface area contributed by atoms with Crippen LogP contribution in [0.3, 0.4) is 0 Å². The summed E-state index contributed by atoms with van der Waals surface area (Å²) in [5, 5.41) is 14.1. The fourth-order valence-electron chi connectivity index (χ4n) is 2.51. The molecule has 1 N–H and O–H groups in total. The van der Waals surface area contributed by atoms with Crippen LogP contribution in [0.15, 0.2) is 18.2 Å². The largest absolute Gasteiger partial charge is 0.370 e. The molecule has 0 aliphatic carbocycles. The highest BCUT2D eigenvalue weighted by Gasteiger charge is 2.20. The first kappa shape index (κ1) is 12.8. The molecule has 1 heterocycles. The van der Waals surface area contributed by atoms with Gasteiger partial charge in [-0.05, 0) is 37.9 Å². The molecule has 1 fully saturated rings. The van der Waals surface area contributed by atoms with Crippen LogP contribution in [0.5, 0.6) is 0 Å². The van der Waals surface area contributed by atoms with E-state index in [0.29, 0.717) is 6.04 Å². The Morgan fingerprint density at radius 1 is 1.50 bits per heavy atom. The number of nitro groups is 1. The third kappa shape index (κ3) is 2.61. The Labute approximate surface area is 107 Å². The molecule has 1 aromatic carbocycles. The standard InChI is InChI=1S/C13H19N3O2/c1-10-8-11(16(17)18)5-6-13(10)15(2)12-4-3-7-14-9-12/h5-6,8,12,14H,3-4,7,9H2,1-2H3. The second kappa shape index (κ2) is 5.35. The van der Waals surface area contributed by atoms with Crippen LogP contribution >= 0.6 is 0 Å². The molecule has 1 aliphatic heterocycles. The molecule has 1 unspecified atom stereocenters. The molecular weight excluding hydrogens is 230 g/mol. The summed E-state index contributed by atoms with van der Waals surface area (Å²) in [5.74, 6) is 0. The van der Waals surface area contributed by atoms with E-state index in [2.05, 4.69) is 17.3 Å². The number of hydrogen-bond acceptors (Lipinski definition) is 4. The lowest BCUT2D eigenvalue weighted by atomic mass is 10.0. The number of non-ortho nitro benzene ring substituents is 1. The van der Waals surface area contributed by atoms with Crippen molar-refractivity contribution < 1.29 is 4.92 Å². The quantitative estimate of drug-likeness (QED) is 0.658. The third-order valence-electron chi connectivity index (χ3n) is 3.59. The normalized spacial score (nSPS) is 19.6. The van der Waals surface area contributed by atoms with Crippen molar-refractivity contribution in [3.05, 3.63) is 33.9 Å². The molecule has 0 radical (unpaired) electrons. The fourth-order valence-corrected chi connectivity index (χ4v) is 2.51. The van der Waals surface area contributed by atoms with Gasteiger partial charge in [-0.25, -0.2) is 0 Å². The zero-order valence-electron chi connectivity index (χ0n) is 10.8. The Hall–Kier alpha value is -1.62. The summed E-state index contributed by atoms with van der Waals surface area (Å²) >= 11 is 0. The van der Waals surface area contributed by atoms with Crippen LogP contribution in [0, 0.1) is 17.0 Å². The number of likely N-dealkylation sites (N-methyl/N-ethyl adjacent to an activating group) is 1. The molecular formula is C13H19N3O2. The van der Waals surface area contributed by atoms with Gasteiger partial charge in [0.2, 0.25) is 0 Å². The van der Waals surface area contributed by atoms with E-state index >= 15 is 0 Å². The molecule has 0 aromatic heterocycles. The van der Waals surface area contributed by atoms with Crippen LogP contribution < -0.4 is 10.2 Å². The number of piperidine rings is 1. The summed E-state index contributed by atoms with van der Waals surface area (Å²) in [6.45, 7) is 3.99. The van der Waals surface area contributed by atoms with Crippen LogP contribution in [0.2, 0.25) is 0 Å². The van der Waals surface area contributed by atoms with Gasteiger partial charge in [-0.15, -0.1) is 0 Å². The summed E-state index contributed by atoms with van der Waals surface area (Å²) in [7, 11) is 2.06. The first-order chi connectivity index (χ1) is 8.59. The Morgan fingerprint density at radius 2 is 2.28 bits per heavy atom. The molecule has 0 bridgehead atoms. The molecule has 1 saturated heterocycles. The van der Waals surface area contributed by atoms with E-state index in [1.165, 1.54) is 12.8 Å². The molecule has 1 aromatic rings. The summed E-state index contributed by atoms with van der Waals surface area (Å²) < 4.78 is 0. The minimum atomic E-state index is -0.348. The number of hydrogen-bond donors (Lipinski definition) is 1. The highest BCUT2D eigenvalue weighted by atomic mass is 16.6. The number of nitro benzene ring substituents is 1. The zero-order valence-corrected chi connectivity index (χ0v) is 10.8. The van der Waals surface area contributed by atoms with E-state index in [1.807, 2.05) is 13.0 Å². The predicted molar refractivity (Wildman–Crippen MR) is 72.1 cm³/mol. The molecule has 0 amide bonds. The second-order valence-electron chi connectivity index (χ2n) is 4.84. The van der Waals surface area contributed by atoms with Crippen molar-refractivity contribution >= 4 is 11.4 Å². The SMILES string of the molecule is Cc1cc([N+](=O)[O-])ccc1N(C)C1CCCNC1. The van der Waals surface area contributed by atoms with Crippen LogP contribution in [-0.2, 0) is 0 Å². The van der Waals surface area contributed by atoms with Gasteiger partial charge in [0.25, 0.3) is 5.69 Å². The van der Waals surface area contributed by atoms with E-state index in [1.54, 1.807) is 12.1 Å². The Kier molecular flexibility index (Phi) is 3.81. The van der Waals surface area contributed by atoms with E-state index in [9.17, 15) is 10.1 Å². The van der Waals surface area contributed by atoms with E-state index in [4.69, 9.17) is 0 Å². The van der Waals surface area contributed by atoms with E-state index in [-0.39, 0.29) is 10.6 Å². The average molecular weight is 249 g/mol. The zero-order chi connectivity index (χ0) is 13.1. The number of rotatable bonds is 3. The summed E-state index contributed by atoms with van der Waals surface area (Å²) in [5.41, 5.74) is 2.19. The van der Waals surface area contributed by atoms with Crippen molar-refractivity contribution in [3.8, 4) is 0 Å². The highest BCUT2D eigenvalue weighted by molar-refractivity contribution is 5.57. The van der Waals surface area contributed by atoms with Crippen molar-refractivity contribution in [1.82, 2.24) is 5.32 Å². The van der Waals surface area contributed by atoms with Gasteiger partial charge in [-0.1, -0.05) is 0 Å². The van der Waals surface area contributed by atoms with Crippen LogP contribution in [0.25, 0.3) is 0 Å². The van der Waals surface area contributed by atoms with E-state index < -0.39 is 0 Å². The number of aryl methyl sites for hydroxylation is 1. The first-order valence-electron chi connectivity index (χ1n) is 6.28. The van der Waals surface area contributed by atoms with Gasteiger partial charge in [0, 0.05) is 37.5 Å². The summed E-state index contributed by atoms with van der Waals surface area (Å²) in [6, 6.07) is 5.54. The van der Waals surface area contributed by atoms with Crippen molar-refractivity contribution in [2.45, 2.75) is 25.8 Å². The summed E-state index contributed by atoms with van der Waals surface area (Å²) in [4.78, 5) is 12.6. The van der Waals surface area contributed by atoms with Crippen molar-refractivity contribution in [3.63, 3.8) is 0 Å². The topological polar surface area (TPSA) is 58.4 Å². The van der Waals surface area contributed by atoms with Crippen molar-refractivity contribution in [1.29, 1.82) is 0 Å².